The zero-order valence-electron chi connectivity index (χ0n) is 21.5. The van der Waals surface area contributed by atoms with Crippen molar-refractivity contribution in [1.29, 1.82) is 0 Å². The number of aryl methyl sites for hydroxylation is 1. The van der Waals surface area contributed by atoms with Crippen LogP contribution in [0.15, 0.2) is 82.2 Å². The van der Waals surface area contributed by atoms with Gasteiger partial charge in [0.2, 0.25) is 11.8 Å². The van der Waals surface area contributed by atoms with E-state index in [1.54, 1.807) is 43.3 Å². The molecule has 2 amide bonds. The fourth-order valence-corrected chi connectivity index (χ4v) is 5.77. The molecule has 3 aromatic rings. The minimum absolute atomic E-state index is 0.0538. The first-order valence-electron chi connectivity index (χ1n) is 12.2. The SMILES string of the molecule is CCCNC(=O)[C@@H](C)N(Cc1cccc(Br)c1)C(=O)CN(c1ccc(Cl)cc1)S(=O)(=O)c1ccc(C)cc1. The Morgan fingerprint density at radius 3 is 2.29 bits per heavy atom. The number of nitrogens with zero attached hydrogens (tertiary/aromatic N) is 2. The molecule has 202 valence electrons. The van der Waals surface area contributed by atoms with Crippen molar-refractivity contribution in [2.45, 2.75) is 44.7 Å². The molecule has 10 heteroatoms. The number of benzene rings is 3. The maximum Gasteiger partial charge on any atom is 0.264 e. The zero-order chi connectivity index (χ0) is 27.9. The van der Waals surface area contributed by atoms with Gasteiger partial charge >= 0.3 is 0 Å². The molecule has 0 spiro atoms. The van der Waals surface area contributed by atoms with Gasteiger partial charge in [-0.3, -0.25) is 13.9 Å². The van der Waals surface area contributed by atoms with Crippen LogP contribution in [0, 0.1) is 6.92 Å². The van der Waals surface area contributed by atoms with Crippen molar-refractivity contribution in [1.82, 2.24) is 10.2 Å². The van der Waals surface area contributed by atoms with Gasteiger partial charge in [0.05, 0.1) is 10.6 Å². The van der Waals surface area contributed by atoms with Gasteiger partial charge in [-0.05, 0) is 74.4 Å². The highest BCUT2D eigenvalue weighted by Gasteiger charge is 2.32. The summed E-state index contributed by atoms with van der Waals surface area (Å²) in [4.78, 5) is 28.2. The molecule has 0 saturated carbocycles. The van der Waals surface area contributed by atoms with Gasteiger partial charge in [-0.2, -0.15) is 0 Å². The molecule has 38 heavy (non-hydrogen) atoms. The van der Waals surface area contributed by atoms with Gasteiger partial charge in [-0.25, -0.2) is 8.42 Å². The van der Waals surface area contributed by atoms with Crippen LogP contribution in [-0.2, 0) is 26.2 Å². The van der Waals surface area contributed by atoms with E-state index >= 15 is 0 Å². The number of carbonyl (C=O) groups is 2. The number of hydrogen-bond acceptors (Lipinski definition) is 4. The summed E-state index contributed by atoms with van der Waals surface area (Å²) >= 11 is 9.49. The molecular weight excluding hydrogens is 590 g/mol. The largest absolute Gasteiger partial charge is 0.354 e. The summed E-state index contributed by atoms with van der Waals surface area (Å²) in [6.07, 6.45) is 0.747. The molecule has 0 heterocycles. The maximum absolute atomic E-state index is 13.8. The Labute approximate surface area is 238 Å². The predicted octanol–water partition coefficient (Wildman–Crippen LogP) is 5.55. The monoisotopic (exact) mass is 619 g/mol. The van der Waals surface area contributed by atoms with Crippen LogP contribution in [0.1, 0.15) is 31.4 Å². The molecule has 0 bridgehead atoms. The highest BCUT2D eigenvalue weighted by atomic mass is 79.9. The van der Waals surface area contributed by atoms with Crippen LogP contribution >= 0.6 is 27.5 Å². The number of nitrogens with one attached hydrogen (secondary N) is 1. The maximum atomic E-state index is 13.8. The first-order chi connectivity index (χ1) is 18.0. The zero-order valence-corrected chi connectivity index (χ0v) is 24.7. The molecule has 0 unspecified atom stereocenters. The number of sulfonamides is 1. The van der Waals surface area contributed by atoms with E-state index in [2.05, 4.69) is 21.2 Å². The Kier molecular flexibility index (Phi) is 10.4. The predicted molar refractivity (Wildman–Crippen MR) is 155 cm³/mol. The van der Waals surface area contributed by atoms with Crippen LogP contribution in [0.25, 0.3) is 0 Å². The van der Waals surface area contributed by atoms with Gasteiger partial charge in [0.25, 0.3) is 10.0 Å². The first-order valence-corrected chi connectivity index (χ1v) is 14.8. The topological polar surface area (TPSA) is 86.8 Å². The molecule has 0 aliphatic rings. The van der Waals surface area contributed by atoms with Crippen LogP contribution in [0.3, 0.4) is 0 Å². The third-order valence-corrected chi connectivity index (χ3v) is 8.49. The summed E-state index contributed by atoms with van der Waals surface area (Å²) in [6.45, 7) is 5.54. The van der Waals surface area contributed by atoms with Crippen LogP contribution in [0.2, 0.25) is 5.02 Å². The van der Waals surface area contributed by atoms with E-state index in [-0.39, 0.29) is 23.0 Å². The molecule has 0 aliphatic heterocycles. The smallest absolute Gasteiger partial charge is 0.264 e. The van der Waals surface area contributed by atoms with Crippen LogP contribution in [0.5, 0.6) is 0 Å². The van der Waals surface area contributed by atoms with Gasteiger partial charge in [0.1, 0.15) is 12.6 Å². The molecule has 1 atom stereocenters. The van der Waals surface area contributed by atoms with Crippen molar-refractivity contribution in [3.8, 4) is 0 Å². The van der Waals surface area contributed by atoms with E-state index in [0.717, 1.165) is 26.3 Å². The highest BCUT2D eigenvalue weighted by Crippen LogP contribution is 2.26. The van der Waals surface area contributed by atoms with E-state index in [9.17, 15) is 18.0 Å². The van der Waals surface area contributed by atoms with Gasteiger partial charge in [-0.1, -0.05) is 64.3 Å². The molecule has 3 aromatic carbocycles. The van der Waals surface area contributed by atoms with Gasteiger partial charge in [0.15, 0.2) is 0 Å². The minimum Gasteiger partial charge on any atom is -0.354 e. The molecule has 7 nitrogen and oxygen atoms in total. The van der Waals surface area contributed by atoms with Crippen molar-refractivity contribution >= 4 is 55.1 Å². The first kappa shape index (κ1) is 29.7. The fraction of sp³-hybridized carbons (Fsp3) is 0.286. The lowest BCUT2D eigenvalue weighted by Gasteiger charge is -2.32. The Balaban J connectivity index is 2.01. The Bertz CT molecular complexity index is 1370. The standard InChI is InChI=1S/C28H31BrClN3O4S/c1-4-16-31-28(35)21(3)32(18-22-6-5-7-23(29)17-22)27(34)19-33(25-12-10-24(30)11-13-25)38(36,37)26-14-8-20(2)9-15-26/h5-15,17,21H,4,16,18-19H2,1-3H3,(H,31,35)/t21-/m1/s1. The summed E-state index contributed by atoms with van der Waals surface area (Å²) in [7, 11) is -4.12. The third-order valence-electron chi connectivity index (χ3n) is 5.96. The molecule has 0 aromatic heterocycles. The summed E-state index contributed by atoms with van der Waals surface area (Å²) in [5.74, 6) is -0.829. The average Bonchev–Trinajstić information content (AvgIpc) is 2.89. The highest BCUT2D eigenvalue weighted by molar-refractivity contribution is 9.10. The molecule has 1 N–H and O–H groups in total. The van der Waals surface area contributed by atoms with Crippen molar-refractivity contribution in [2.24, 2.45) is 0 Å². The lowest BCUT2D eigenvalue weighted by atomic mass is 10.1. The number of anilines is 1. The lowest BCUT2D eigenvalue weighted by molar-refractivity contribution is -0.139. The van der Waals surface area contributed by atoms with Crippen molar-refractivity contribution in [3.05, 3.63) is 93.4 Å². The molecule has 0 fully saturated rings. The van der Waals surface area contributed by atoms with Crippen LogP contribution in [0.4, 0.5) is 5.69 Å². The molecule has 0 saturated heterocycles. The van der Waals surface area contributed by atoms with E-state index in [0.29, 0.717) is 11.6 Å². The second-order valence-electron chi connectivity index (χ2n) is 8.92. The Morgan fingerprint density at radius 2 is 1.68 bits per heavy atom. The van der Waals surface area contributed by atoms with Crippen molar-refractivity contribution in [3.63, 3.8) is 0 Å². The molecule has 3 rings (SSSR count). The average molecular weight is 621 g/mol. The lowest BCUT2D eigenvalue weighted by Crippen LogP contribution is -2.51. The molecule has 0 aliphatic carbocycles. The summed E-state index contributed by atoms with van der Waals surface area (Å²) < 4.78 is 29.4. The van der Waals surface area contributed by atoms with E-state index in [1.165, 1.54) is 17.0 Å². The van der Waals surface area contributed by atoms with Gasteiger partial charge in [0, 0.05) is 22.6 Å². The second kappa shape index (κ2) is 13.3. The molecular formula is C28H31BrClN3O4S. The van der Waals surface area contributed by atoms with Gasteiger partial charge in [-0.15, -0.1) is 0 Å². The molecule has 0 radical (unpaired) electrons. The normalized spacial score (nSPS) is 12.0. The number of hydrogen-bond donors (Lipinski definition) is 1. The van der Waals surface area contributed by atoms with Gasteiger partial charge < -0.3 is 10.2 Å². The minimum atomic E-state index is -4.12. The van der Waals surface area contributed by atoms with E-state index < -0.39 is 28.5 Å². The third kappa shape index (κ3) is 7.58. The summed E-state index contributed by atoms with van der Waals surface area (Å²) in [5, 5.41) is 3.26. The summed E-state index contributed by atoms with van der Waals surface area (Å²) in [6, 6.07) is 19.3. The second-order valence-corrected chi connectivity index (χ2v) is 12.1. The van der Waals surface area contributed by atoms with Crippen LogP contribution in [-0.4, -0.2) is 44.3 Å². The number of amides is 2. The number of carbonyl (C=O) groups excluding carboxylic acids is 2. The van der Waals surface area contributed by atoms with Crippen LogP contribution < -0.4 is 9.62 Å². The Hall–Kier alpha value is -2.88. The number of rotatable bonds is 11. The van der Waals surface area contributed by atoms with E-state index in [4.69, 9.17) is 11.6 Å². The number of halogens is 2. The Morgan fingerprint density at radius 1 is 1.03 bits per heavy atom. The quantitative estimate of drug-likeness (QED) is 0.305. The fourth-order valence-electron chi connectivity index (χ4n) is 3.78. The van der Waals surface area contributed by atoms with Crippen molar-refractivity contribution < 1.29 is 18.0 Å². The summed E-state index contributed by atoms with van der Waals surface area (Å²) in [5.41, 5.74) is 1.99. The van der Waals surface area contributed by atoms with Crippen molar-refractivity contribution in [2.75, 3.05) is 17.4 Å². The van der Waals surface area contributed by atoms with E-state index in [1.807, 2.05) is 38.1 Å².